The largest absolute Gasteiger partial charge is 0.479 e. The predicted molar refractivity (Wildman–Crippen MR) is 89.8 cm³/mol. The molecule has 2 aromatic rings. The maximum absolute atomic E-state index is 12.1. The fraction of sp³-hybridized carbons (Fsp3) is 0.389. The first-order chi connectivity index (χ1) is 12.1. The van der Waals surface area contributed by atoms with Crippen LogP contribution < -0.4 is 5.32 Å². The van der Waals surface area contributed by atoms with E-state index in [2.05, 4.69) is 22.5 Å². The van der Waals surface area contributed by atoms with Crippen LogP contribution in [0.5, 0.6) is 0 Å². The van der Waals surface area contributed by atoms with Crippen molar-refractivity contribution < 1.29 is 19.4 Å². The van der Waals surface area contributed by atoms with E-state index in [1.807, 2.05) is 28.9 Å². The van der Waals surface area contributed by atoms with E-state index < -0.39 is 18.2 Å². The molecule has 7 nitrogen and oxygen atoms in total. The van der Waals surface area contributed by atoms with Gasteiger partial charge in [-0.25, -0.2) is 4.79 Å². The van der Waals surface area contributed by atoms with E-state index in [0.717, 1.165) is 18.7 Å². The molecule has 2 N–H and O–H groups in total. The van der Waals surface area contributed by atoms with Crippen LogP contribution in [0, 0.1) is 0 Å². The zero-order chi connectivity index (χ0) is 17.6. The molecule has 1 aliphatic heterocycles. The lowest BCUT2D eigenvalue weighted by Gasteiger charge is -2.13. The van der Waals surface area contributed by atoms with E-state index in [-0.39, 0.29) is 5.91 Å². The van der Waals surface area contributed by atoms with Gasteiger partial charge >= 0.3 is 5.97 Å². The second-order valence-electron chi connectivity index (χ2n) is 6.03. The van der Waals surface area contributed by atoms with Gasteiger partial charge in [-0.05, 0) is 30.9 Å². The Morgan fingerprint density at radius 1 is 1.20 bits per heavy atom. The van der Waals surface area contributed by atoms with Crippen LogP contribution in [-0.4, -0.2) is 39.0 Å². The van der Waals surface area contributed by atoms with Crippen molar-refractivity contribution in [2.45, 2.75) is 44.6 Å². The van der Waals surface area contributed by atoms with Crippen molar-refractivity contribution in [1.29, 1.82) is 0 Å². The second-order valence-corrected chi connectivity index (χ2v) is 6.03. The number of amides is 1. The molecule has 1 saturated heterocycles. The topological polar surface area (TPSA) is 93.5 Å². The van der Waals surface area contributed by atoms with E-state index in [1.165, 1.54) is 5.56 Å². The summed E-state index contributed by atoms with van der Waals surface area (Å²) in [6.07, 6.45) is 1.78. The second kappa shape index (κ2) is 7.94. The Morgan fingerprint density at radius 2 is 1.96 bits per heavy atom. The van der Waals surface area contributed by atoms with Crippen molar-refractivity contribution in [3.8, 4) is 0 Å². The van der Waals surface area contributed by atoms with Gasteiger partial charge in [0, 0.05) is 12.7 Å². The minimum atomic E-state index is -1.02. The molecule has 3 rings (SSSR count). The summed E-state index contributed by atoms with van der Waals surface area (Å²) in [7, 11) is 0. The Balaban J connectivity index is 1.50. The molecule has 0 aliphatic carbocycles. The highest BCUT2D eigenvalue weighted by molar-refractivity contribution is 5.82. The van der Waals surface area contributed by atoms with Gasteiger partial charge in [0.1, 0.15) is 6.10 Å². The number of carbonyl (C=O) groups is 2. The molecule has 2 heterocycles. The smallest absolute Gasteiger partial charge is 0.332 e. The highest BCUT2D eigenvalue weighted by Crippen LogP contribution is 2.20. The zero-order valence-corrected chi connectivity index (χ0v) is 13.8. The average Bonchev–Trinajstić information content (AvgIpc) is 3.28. The Labute approximate surface area is 145 Å². The minimum Gasteiger partial charge on any atom is -0.479 e. The van der Waals surface area contributed by atoms with Crippen LogP contribution in [0.15, 0.2) is 42.6 Å². The van der Waals surface area contributed by atoms with Gasteiger partial charge in [0.2, 0.25) is 5.91 Å². The van der Waals surface area contributed by atoms with E-state index in [1.54, 1.807) is 6.20 Å². The SMILES string of the molecule is O=C(NCc1ccnn1CCc1ccccc1)[C@@H]1CC[C@H](C(=O)O)O1. The molecule has 1 aliphatic rings. The highest BCUT2D eigenvalue weighted by atomic mass is 16.5. The third kappa shape index (κ3) is 4.45. The number of aliphatic carboxylic acids is 1. The maximum Gasteiger partial charge on any atom is 0.332 e. The lowest BCUT2D eigenvalue weighted by atomic mass is 10.1. The third-order valence-corrected chi connectivity index (χ3v) is 4.29. The molecular formula is C18H21N3O4. The Hall–Kier alpha value is -2.67. The summed E-state index contributed by atoms with van der Waals surface area (Å²) >= 11 is 0. The van der Waals surface area contributed by atoms with Gasteiger partial charge in [-0.2, -0.15) is 5.10 Å². The number of benzene rings is 1. The number of rotatable bonds is 7. The van der Waals surface area contributed by atoms with Gasteiger partial charge in [0.25, 0.3) is 0 Å². The van der Waals surface area contributed by atoms with Gasteiger partial charge in [-0.15, -0.1) is 0 Å². The summed E-state index contributed by atoms with van der Waals surface area (Å²) in [5.41, 5.74) is 2.13. The van der Waals surface area contributed by atoms with E-state index in [4.69, 9.17) is 9.84 Å². The van der Waals surface area contributed by atoms with Crippen LogP contribution in [0.3, 0.4) is 0 Å². The number of ether oxygens (including phenoxy) is 1. The van der Waals surface area contributed by atoms with E-state index in [9.17, 15) is 9.59 Å². The fourth-order valence-electron chi connectivity index (χ4n) is 2.89. The van der Waals surface area contributed by atoms with Crippen LogP contribution in [0.4, 0.5) is 0 Å². The normalized spacial score (nSPS) is 19.7. The molecule has 1 amide bonds. The van der Waals surface area contributed by atoms with Crippen molar-refractivity contribution in [1.82, 2.24) is 15.1 Å². The molecule has 1 fully saturated rings. The number of hydrogen-bond acceptors (Lipinski definition) is 4. The number of aryl methyl sites for hydroxylation is 2. The summed E-state index contributed by atoms with van der Waals surface area (Å²) in [6.45, 7) is 1.06. The van der Waals surface area contributed by atoms with Crippen molar-refractivity contribution >= 4 is 11.9 Å². The highest BCUT2D eigenvalue weighted by Gasteiger charge is 2.34. The van der Waals surface area contributed by atoms with Gasteiger partial charge < -0.3 is 15.2 Å². The van der Waals surface area contributed by atoms with Crippen molar-refractivity contribution in [3.63, 3.8) is 0 Å². The number of hydrogen-bond donors (Lipinski definition) is 2. The standard InChI is InChI=1S/C18H21N3O4/c22-17(15-6-7-16(25-15)18(23)24)19-12-14-8-10-20-21(14)11-9-13-4-2-1-3-5-13/h1-5,8,10,15-16H,6-7,9,11-12H2,(H,19,22)(H,23,24)/t15-,16+/m0/s1. The van der Waals surface area contributed by atoms with Gasteiger partial charge in [0.05, 0.1) is 12.2 Å². The Kier molecular flexibility index (Phi) is 5.45. The molecule has 0 unspecified atom stereocenters. The van der Waals surface area contributed by atoms with E-state index >= 15 is 0 Å². The van der Waals surface area contributed by atoms with Gasteiger partial charge in [0.15, 0.2) is 6.10 Å². The van der Waals surface area contributed by atoms with Crippen molar-refractivity contribution in [2.75, 3.05) is 0 Å². The van der Waals surface area contributed by atoms with Crippen LogP contribution in [0.2, 0.25) is 0 Å². The monoisotopic (exact) mass is 343 g/mol. The molecule has 2 atom stereocenters. The Morgan fingerprint density at radius 3 is 2.68 bits per heavy atom. The number of carboxylic acids is 1. The summed E-state index contributed by atoms with van der Waals surface area (Å²) in [5, 5.41) is 16.0. The quantitative estimate of drug-likeness (QED) is 0.792. The van der Waals surface area contributed by atoms with Crippen molar-refractivity contribution in [2.24, 2.45) is 0 Å². The summed E-state index contributed by atoms with van der Waals surface area (Å²) in [4.78, 5) is 23.0. The number of nitrogens with one attached hydrogen (secondary N) is 1. The number of aromatic nitrogens is 2. The first-order valence-corrected chi connectivity index (χ1v) is 8.34. The van der Waals surface area contributed by atoms with Gasteiger partial charge in [-0.3, -0.25) is 9.48 Å². The van der Waals surface area contributed by atoms with Crippen molar-refractivity contribution in [3.05, 3.63) is 53.9 Å². The number of carbonyl (C=O) groups excluding carboxylic acids is 1. The molecule has 0 radical (unpaired) electrons. The molecule has 0 saturated carbocycles. The summed E-state index contributed by atoms with van der Waals surface area (Å²) in [5.74, 6) is -1.30. The molecular weight excluding hydrogens is 322 g/mol. The molecule has 7 heteroatoms. The molecule has 25 heavy (non-hydrogen) atoms. The molecule has 0 bridgehead atoms. The minimum absolute atomic E-state index is 0.278. The number of nitrogens with zero attached hydrogens (tertiary/aromatic N) is 2. The lowest BCUT2D eigenvalue weighted by molar-refractivity contribution is -0.151. The first kappa shape index (κ1) is 17.2. The van der Waals surface area contributed by atoms with Crippen LogP contribution in [0.1, 0.15) is 24.1 Å². The lowest BCUT2D eigenvalue weighted by Crippen LogP contribution is -2.35. The zero-order valence-electron chi connectivity index (χ0n) is 13.8. The van der Waals surface area contributed by atoms with Gasteiger partial charge in [-0.1, -0.05) is 30.3 Å². The molecule has 132 valence electrons. The Bertz CT molecular complexity index is 729. The van der Waals surface area contributed by atoms with E-state index in [0.29, 0.717) is 19.4 Å². The van der Waals surface area contributed by atoms with Crippen LogP contribution >= 0.6 is 0 Å². The van der Waals surface area contributed by atoms with Crippen LogP contribution in [-0.2, 0) is 33.8 Å². The molecule has 1 aromatic heterocycles. The number of carboxylic acid groups (broad SMARTS) is 1. The molecule has 0 spiro atoms. The summed E-state index contributed by atoms with van der Waals surface area (Å²) < 4.78 is 7.12. The third-order valence-electron chi connectivity index (χ3n) is 4.29. The predicted octanol–water partition coefficient (Wildman–Crippen LogP) is 1.37. The maximum atomic E-state index is 12.1. The fourth-order valence-corrected chi connectivity index (χ4v) is 2.89. The first-order valence-electron chi connectivity index (χ1n) is 8.34. The summed E-state index contributed by atoms with van der Waals surface area (Å²) in [6, 6.07) is 12.0. The molecule has 1 aromatic carbocycles. The average molecular weight is 343 g/mol. The van der Waals surface area contributed by atoms with Crippen LogP contribution in [0.25, 0.3) is 0 Å².